The number of carbonyl (C=O) groups excluding carboxylic acids is 10. The maximum Gasteiger partial charge on any atom is 0.363 e. The van der Waals surface area contributed by atoms with E-state index in [1.165, 1.54) is 20.8 Å². The number of aliphatic hydroxyl groups excluding tert-OH is 9. The molecule has 0 spiro atoms. The number of hydrogen-bond acceptors (Lipinski definition) is 28. The van der Waals surface area contributed by atoms with Crippen molar-refractivity contribution in [2.75, 3.05) is 52.5 Å². The van der Waals surface area contributed by atoms with Crippen LogP contribution in [0.4, 0.5) is 0 Å². The minimum atomic E-state index is -1.55. The molecule has 0 saturated carbocycles. The normalized spacial score (nSPS) is 31.4. The summed E-state index contributed by atoms with van der Waals surface area (Å²) in [5, 5.41) is 126. The second-order valence-corrected chi connectivity index (χ2v) is 23.6. The van der Waals surface area contributed by atoms with Gasteiger partial charge >= 0.3 is 28.1 Å². The van der Waals surface area contributed by atoms with Crippen molar-refractivity contribution in [2.24, 2.45) is 0 Å². The smallest absolute Gasteiger partial charge is 0.363 e. The molecule has 4 saturated heterocycles. The van der Waals surface area contributed by atoms with Crippen molar-refractivity contribution < 1.29 is 122 Å². The number of aliphatic hydroxyl groups is 9. The number of nitrogens with one attached hydrogen (secondary N) is 13. The third-order valence-corrected chi connectivity index (χ3v) is 15.8. The van der Waals surface area contributed by atoms with Gasteiger partial charge in [-0.05, 0) is 83.8 Å². The lowest BCUT2D eigenvalue weighted by Crippen LogP contribution is -2.65. The molecule has 4 aliphatic rings. The first-order valence-electron chi connectivity index (χ1n) is 31.1. The Hall–Kier alpha value is -5.03. The van der Waals surface area contributed by atoms with E-state index in [4.69, 9.17) is 28.2 Å². The van der Waals surface area contributed by atoms with E-state index in [1.807, 2.05) is 22.4 Å². The molecule has 38 nitrogen and oxygen atoms in total. The molecule has 10 amide bonds. The van der Waals surface area contributed by atoms with Gasteiger partial charge in [0.05, 0.1) is 32.9 Å². The van der Waals surface area contributed by atoms with Gasteiger partial charge in [-0.3, -0.25) is 47.9 Å². The van der Waals surface area contributed by atoms with Gasteiger partial charge in [-0.25, -0.2) is 0 Å². The molecule has 4 heterocycles. The van der Waals surface area contributed by atoms with E-state index < -0.39 is 208 Å². The van der Waals surface area contributed by atoms with E-state index in [0.29, 0.717) is 19.3 Å². The topological polar surface area (TPSA) is 565 Å². The summed E-state index contributed by atoms with van der Waals surface area (Å²) in [5.41, 5.74) is 0. The first kappa shape index (κ1) is 81.4. The first-order chi connectivity index (χ1) is 44.8. The van der Waals surface area contributed by atoms with Gasteiger partial charge in [0, 0.05) is 27.2 Å². The standard InChI is InChI=1S/C51H92B4IN13O25/c1-23(73)62-36-42(82)39(79)30(20-70)89-49(36)92-53-59-15-7-4-10-26-45(85)57-19-35(78)66-28(12-6-9-17-61-55-94-51-38(64-25(3)75)44(84)41(81)32(22-72)91-51)47(87)68-29(13-14-33(76)69-52-56)48(88)67-27(46(86)58-18-34(77)65-26)11-5-8-16-60-54-93-50-37(63-24(2)74)43(83)40(80)31(21-71)90-50/h26-32,36-44,49-55,59-61,70-72,79-84H,4-22H2,1-3H3,(H,57,85)(H,58,86)(H,62,73)(H,63,74)(H,64,75)(H,65,77)(H,66,78)(H,67,88)(H,68,87)(H,69,76)/t26-,27-,28-,29-,30+,31+,32+,36+,37+,38+,39-,40-,41-,42+,43+,44+,49-,50-,51-/m0/s1. The quantitative estimate of drug-likeness (QED) is 0.0162. The van der Waals surface area contributed by atoms with Crippen molar-refractivity contribution in [3.63, 3.8) is 0 Å². The summed E-state index contributed by atoms with van der Waals surface area (Å²) in [7, 11) is -0.653. The van der Waals surface area contributed by atoms with Crippen LogP contribution in [0.2, 0.25) is 0 Å². The lowest BCUT2D eigenvalue weighted by Gasteiger charge is -2.42. The van der Waals surface area contributed by atoms with Gasteiger partial charge in [0.2, 0.25) is 59.1 Å². The average Bonchev–Trinajstić information content (AvgIpc) is 0.843. The molecule has 0 aromatic carbocycles. The zero-order valence-electron chi connectivity index (χ0n) is 52.7. The van der Waals surface area contributed by atoms with Gasteiger partial charge in [0.15, 0.2) is 18.9 Å². The van der Waals surface area contributed by atoms with Gasteiger partial charge in [-0.2, -0.15) is 0 Å². The molecule has 4 fully saturated rings. The van der Waals surface area contributed by atoms with E-state index >= 15 is 0 Å². The maximum atomic E-state index is 14.4. The summed E-state index contributed by atoms with van der Waals surface area (Å²) in [5.74, 6) is -7.32. The molecule has 530 valence electrons. The van der Waals surface area contributed by atoms with Crippen LogP contribution in [0, 0.1) is 0 Å². The highest BCUT2D eigenvalue weighted by atomic mass is 127. The Labute approximate surface area is 558 Å². The molecule has 4 rings (SSSR count). The largest absolute Gasteiger partial charge is 0.398 e. The second-order valence-electron chi connectivity index (χ2n) is 22.8. The summed E-state index contributed by atoms with van der Waals surface area (Å²) in [6, 6.07) is -9.17. The lowest BCUT2D eigenvalue weighted by atomic mass is 9.96. The first-order valence-corrected chi connectivity index (χ1v) is 32.6. The molecule has 0 aliphatic carbocycles. The highest BCUT2D eigenvalue weighted by Crippen LogP contribution is 2.25. The third-order valence-electron chi connectivity index (χ3n) is 15.4. The van der Waals surface area contributed by atoms with E-state index in [0.717, 1.165) is 0 Å². The van der Waals surface area contributed by atoms with Crippen LogP contribution in [0.5, 0.6) is 0 Å². The summed E-state index contributed by atoms with van der Waals surface area (Å²) in [6.07, 6.45) is -15.9. The van der Waals surface area contributed by atoms with Crippen molar-refractivity contribution in [3.05, 3.63) is 0 Å². The predicted molar refractivity (Wildman–Crippen MR) is 339 cm³/mol. The molecule has 19 atom stereocenters. The molecule has 0 aromatic rings. The van der Waals surface area contributed by atoms with Crippen LogP contribution >= 0.6 is 22.4 Å². The lowest BCUT2D eigenvalue weighted by molar-refractivity contribution is -0.245. The fourth-order valence-corrected chi connectivity index (χ4v) is 10.8. The SMILES string of the molecule is CC(=O)N[C@H]1[C@H](OBNCCCC[C@@H]2NC(=O)CNC(=O)[C@H](CCCCNBO[C@@H]3O[C@H](CO)[C@H](O)[C@H](O)[C@H]3NC(C)=O)NC(=O)[C@H](CCC(=O)NBI)NC(=O)[C@H](CCCCNBO[C@@H]3O[C@H](CO)[C@H](O)[C@H](O)[C@H]3NC(C)=O)NC(=O)CNC2=O)O[C@H](CO)[C@H](O)[C@@H]1O. The Morgan fingerprint density at radius 3 is 1.09 bits per heavy atom. The Morgan fingerprint density at radius 2 is 0.777 bits per heavy atom. The summed E-state index contributed by atoms with van der Waals surface area (Å²) in [4.78, 5) is 132. The zero-order valence-corrected chi connectivity index (χ0v) is 54.8. The van der Waals surface area contributed by atoms with Crippen molar-refractivity contribution in [1.82, 2.24) is 68.8 Å². The molecule has 0 bridgehead atoms. The van der Waals surface area contributed by atoms with Crippen molar-refractivity contribution in [2.45, 2.75) is 207 Å². The third kappa shape index (κ3) is 27.5. The summed E-state index contributed by atoms with van der Waals surface area (Å²) < 4.78 is 33.8. The Morgan fingerprint density at radius 1 is 0.468 bits per heavy atom. The molecule has 0 aromatic heterocycles. The monoisotopic (exact) mass is 1460 g/mol. The second kappa shape index (κ2) is 43.3. The fourth-order valence-electron chi connectivity index (χ4n) is 10.4. The number of amides is 10. The van der Waals surface area contributed by atoms with Crippen LogP contribution in [-0.4, -0.2) is 302 Å². The number of halogens is 1. The number of unbranched alkanes of at least 4 members (excludes halogenated alkanes) is 3. The van der Waals surface area contributed by atoms with Gasteiger partial charge in [0.25, 0.3) is 0 Å². The predicted octanol–water partition coefficient (Wildman–Crippen LogP) is -13.3. The van der Waals surface area contributed by atoms with Crippen LogP contribution in [0.3, 0.4) is 0 Å². The van der Waals surface area contributed by atoms with Crippen molar-refractivity contribution in [3.8, 4) is 0 Å². The number of carbonyl (C=O) groups is 10. The Bertz CT molecular complexity index is 2380. The van der Waals surface area contributed by atoms with Crippen LogP contribution in [0.1, 0.15) is 91.4 Å². The summed E-state index contributed by atoms with van der Waals surface area (Å²) in [6.45, 7) is 0.807. The highest BCUT2D eigenvalue weighted by molar-refractivity contribution is 14.1. The van der Waals surface area contributed by atoms with E-state index in [-0.39, 0.29) is 99.1 Å². The molecule has 94 heavy (non-hydrogen) atoms. The summed E-state index contributed by atoms with van der Waals surface area (Å²) >= 11 is 1.90. The minimum absolute atomic E-state index is 0.0248. The number of ether oxygens (including phenoxy) is 3. The van der Waals surface area contributed by atoms with Gasteiger partial charge in [0.1, 0.15) is 97.2 Å². The molecule has 22 N–H and O–H groups in total. The molecular formula is C51H92B4IN13O25. The van der Waals surface area contributed by atoms with Crippen LogP contribution in [0.25, 0.3) is 0 Å². The minimum Gasteiger partial charge on any atom is -0.398 e. The average molecular weight is 1460 g/mol. The Kier molecular flexibility index (Phi) is 37.5. The molecule has 0 unspecified atom stereocenters. The maximum absolute atomic E-state index is 14.4. The number of rotatable bonds is 34. The van der Waals surface area contributed by atoms with Crippen LogP contribution in [0.15, 0.2) is 0 Å². The van der Waals surface area contributed by atoms with Crippen molar-refractivity contribution >= 4 is 110 Å². The van der Waals surface area contributed by atoms with E-state index in [2.05, 4.69) is 68.8 Å². The molecule has 4 aliphatic heterocycles. The highest BCUT2D eigenvalue weighted by Gasteiger charge is 2.48. The van der Waals surface area contributed by atoms with Gasteiger partial charge in [-0.1, -0.05) is 0 Å². The Balaban J connectivity index is 1.50. The molecule has 0 radical (unpaired) electrons. The zero-order chi connectivity index (χ0) is 69.4. The van der Waals surface area contributed by atoms with E-state index in [9.17, 15) is 93.9 Å². The van der Waals surface area contributed by atoms with Crippen LogP contribution < -0.4 is 68.8 Å². The molecular weight excluding hydrogens is 1360 g/mol. The molecule has 43 heteroatoms. The van der Waals surface area contributed by atoms with Gasteiger partial charge < -0.3 is 143 Å². The van der Waals surface area contributed by atoms with Crippen molar-refractivity contribution in [1.29, 1.82) is 0 Å². The number of hydrogen-bond donors (Lipinski definition) is 22. The van der Waals surface area contributed by atoms with Crippen LogP contribution in [-0.2, 0) is 76.1 Å². The van der Waals surface area contributed by atoms with Gasteiger partial charge in [-0.15, -0.1) is 22.4 Å². The fraction of sp³-hybridized carbons (Fsp3) is 0.804. The van der Waals surface area contributed by atoms with E-state index in [1.54, 1.807) is 0 Å².